The number of benzene rings is 2. The van der Waals surface area contributed by atoms with Crippen molar-refractivity contribution < 1.29 is 36.6 Å². The first-order chi connectivity index (χ1) is 19.5. The van der Waals surface area contributed by atoms with Crippen LogP contribution in [0.5, 0.6) is 0 Å². The number of nitrogens with zero attached hydrogens (tertiary/aromatic N) is 4. The lowest BCUT2D eigenvalue weighted by Gasteiger charge is -2.48. The molecule has 4 rings (SSSR count). The lowest BCUT2D eigenvalue weighted by Crippen LogP contribution is -2.61. The Kier molecular flexibility index (Phi) is 8.18. The summed E-state index contributed by atoms with van der Waals surface area (Å²) in [5.74, 6) is -5.05. The van der Waals surface area contributed by atoms with Crippen molar-refractivity contribution in [2.45, 2.75) is 52.1 Å². The number of halogens is 6. The standard InChI is InChI=1S/C28H25ClF5N5O3/c1-14-38(12-15-6-5-7-18(30)23(15)31)25(41)22(26(42)39(14)27(2,3)4)24(40)37-19-9-8-16(29)10-17(19)20-11-21(28(32,33)34)36-13-35-20/h5-11,13-14,41H,12H2,1-4H3,(H,37,40). The molecule has 0 saturated heterocycles. The maximum Gasteiger partial charge on any atom is 0.433 e. The van der Waals surface area contributed by atoms with Crippen molar-refractivity contribution in [2.75, 3.05) is 5.32 Å². The van der Waals surface area contributed by atoms with E-state index >= 15 is 0 Å². The molecule has 42 heavy (non-hydrogen) atoms. The molecule has 222 valence electrons. The Morgan fingerprint density at radius 2 is 1.79 bits per heavy atom. The van der Waals surface area contributed by atoms with E-state index in [4.69, 9.17) is 11.6 Å². The van der Waals surface area contributed by atoms with Gasteiger partial charge in [0, 0.05) is 21.7 Å². The van der Waals surface area contributed by atoms with Crippen LogP contribution in [0.4, 0.5) is 27.6 Å². The summed E-state index contributed by atoms with van der Waals surface area (Å²) in [4.78, 5) is 36.8. The third-order valence-corrected chi connectivity index (χ3v) is 6.77. The van der Waals surface area contributed by atoms with Crippen molar-refractivity contribution >= 4 is 29.1 Å². The Bertz CT molecular complexity index is 1590. The van der Waals surface area contributed by atoms with Gasteiger partial charge in [0.15, 0.2) is 17.2 Å². The Labute approximate surface area is 242 Å². The van der Waals surface area contributed by atoms with Crippen molar-refractivity contribution in [3.05, 3.63) is 88.2 Å². The van der Waals surface area contributed by atoms with Crippen LogP contribution in [-0.4, -0.2) is 48.4 Å². The van der Waals surface area contributed by atoms with E-state index in [-0.39, 0.29) is 27.5 Å². The van der Waals surface area contributed by atoms with Gasteiger partial charge in [-0.05, 0) is 58.0 Å². The second-order valence-corrected chi connectivity index (χ2v) is 10.9. The third kappa shape index (κ3) is 6.01. The number of nitrogens with one attached hydrogen (secondary N) is 1. The summed E-state index contributed by atoms with van der Waals surface area (Å²) in [6.45, 7) is 6.21. The average Bonchev–Trinajstić information content (AvgIpc) is 2.88. The van der Waals surface area contributed by atoms with Crippen LogP contribution in [0.15, 0.2) is 60.2 Å². The fraction of sp³-hybridized carbons (Fsp3) is 0.286. The van der Waals surface area contributed by atoms with Crippen LogP contribution in [-0.2, 0) is 22.3 Å². The Morgan fingerprint density at radius 1 is 1.10 bits per heavy atom. The minimum atomic E-state index is -4.78. The minimum absolute atomic E-state index is 0.0215. The van der Waals surface area contributed by atoms with Crippen molar-refractivity contribution in [3.8, 4) is 11.3 Å². The van der Waals surface area contributed by atoms with Gasteiger partial charge in [-0.25, -0.2) is 18.7 Å². The van der Waals surface area contributed by atoms with Crippen LogP contribution >= 0.6 is 11.6 Å². The Morgan fingerprint density at radius 3 is 2.43 bits per heavy atom. The van der Waals surface area contributed by atoms with E-state index in [0.29, 0.717) is 12.4 Å². The van der Waals surface area contributed by atoms with Gasteiger partial charge < -0.3 is 20.2 Å². The van der Waals surface area contributed by atoms with Crippen LogP contribution in [0.25, 0.3) is 11.3 Å². The number of hydrogen-bond donors (Lipinski definition) is 2. The zero-order valence-corrected chi connectivity index (χ0v) is 23.5. The summed E-state index contributed by atoms with van der Waals surface area (Å²) in [7, 11) is 0. The lowest BCUT2D eigenvalue weighted by atomic mass is 9.99. The van der Waals surface area contributed by atoms with E-state index in [1.165, 1.54) is 40.1 Å². The molecular formula is C28H25ClF5N5O3. The lowest BCUT2D eigenvalue weighted by molar-refractivity contribution is -0.146. The molecule has 1 unspecified atom stereocenters. The second kappa shape index (κ2) is 11.2. The summed E-state index contributed by atoms with van der Waals surface area (Å²) in [6.07, 6.45) is -4.97. The van der Waals surface area contributed by atoms with E-state index in [9.17, 15) is 36.6 Å². The number of anilines is 1. The van der Waals surface area contributed by atoms with Crippen LogP contribution in [0.2, 0.25) is 5.02 Å². The van der Waals surface area contributed by atoms with Gasteiger partial charge in [0.1, 0.15) is 18.2 Å². The summed E-state index contributed by atoms with van der Waals surface area (Å²) in [5, 5.41) is 13.8. The zero-order chi connectivity index (χ0) is 31.1. The molecule has 0 aliphatic carbocycles. The monoisotopic (exact) mass is 609 g/mol. The Balaban J connectivity index is 1.79. The van der Waals surface area contributed by atoms with Crippen LogP contribution < -0.4 is 5.32 Å². The SMILES string of the molecule is CC1N(Cc2cccc(F)c2F)C(O)=C(C(=O)Nc2ccc(Cl)cc2-c2cc(C(F)(F)F)ncn2)C(=O)N1C(C)(C)C. The van der Waals surface area contributed by atoms with Crippen LogP contribution in [0, 0.1) is 11.6 Å². The molecule has 0 bridgehead atoms. The molecule has 2 heterocycles. The molecule has 14 heteroatoms. The first-order valence-electron chi connectivity index (χ1n) is 12.5. The molecule has 2 amide bonds. The van der Waals surface area contributed by atoms with Gasteiger partial charge >= 0.3 is 6.18 Å². The number of aromatic nitrogens is 2. The van der Waals surface area contributed by atoms with E-state index in [2.05, 4.69) is 15.3 Å². The van der Waals surface area contributed by atoms with Gasteiger partial charge in [-0.1, -0.05) is 23.7 Å². The predicted molar refractivity (Wildman–Crippen MR) is 144 cm³/mol. The molecule has 0 radical (unpaired) electrons. The number of rotatable bonds is 5. The maximum absolute atomic E-state index is 14.6. The highest BCUT2D eigenvalue weighted by Gasteiger charge is 2.45. The summed E-state index contributed by atoms with van der Waals surface area (Å²) in [6, 6.07) is 8.08. The molecule has 1 atom stereocenters. The van der Waals surface area contributed by atoms with E-state index in [1.807, 2.05) is 0 Å². The van der Waals surface area contributed by atoms with Gasteiger partial charge in [-0.2, -0.15) is 13.2 Å². The molecule has 2 aromatic carbocycles. The fourth-order valence-electron chi connectivity index (χ4n) is 4.65. The average molecular weight is 610 g/mol. The van der Waals surface area contributed by atoms with Gasteiger partial charge in [-0.15, -0.1) is 0 Å². The fourth-order valence-corrected chi connectivity index (χ4v) is 4.82. The largest absolute Gasteiger partial charge is 0.494 e. The molecule has 1 aliphatic rings. The van der Waals surface area contributed by atoms with Gasteiger partial charge in [0.25, 0.3) is 11.8 Å². The van der Waals surface area contributed by atoms with Crippen molar-refractivity contribution in [1.29, 1.82) is 0 Å². The van der Waals surface area contributed by atoms with Crippen molar-refractivity contribution in [2.24, 2.45) is 0 Å². The Hall–Kier alpha value is -4.26. The summed E-state index contributed by atoms with van der Waals surface area (Å²) >= 11 is 6.08. The molecule has 0 saturated carbocycles. The molecular weight excluding hydrogens is 585 g/mol. The summed E-state index contributed by atoms with van der Waals surface area (Å²) in [5.41, 5.74) is -3.32. The van der Waals surface area contributed by atoms with Crippen LogP contribution in [0.1, 0.15) is 39.0 Å². The quantitative estimate of drug-likeness (QED) is 0.261. The second-order valence-electron chi connectivity index (χ2n) is 10.4. The van der Waals surface area contributed by atoms with E-state index < -0.39 is 65.0 Å². The highest BCUT2D eigenvalue weighted by Crippen LogP contribution is 2.36. The highest BCUT2D eigenvalue weighted by molar-refractivity contribution is 6.31. The normalized spacial score (nSPS) is 16.2. The van der Waals surface area contributed by atoms with Gasteiger partial charge in [0.2, 0.25) is 5.88 Å². The molecule has 2 N–H and O–H groups in total. The minimum Gasteiger partial charge on any atom is -0.494 e. The number of hydrogen-bond acceptors (Lipinski definition) is 6. The van der Waals surface area contributed by atoms with Crippen LogP contribution in [0.3, 0.4) is 0 Å². The first-order valence-corrected chi connectivity index (χ1v) is 12.9. The number of aliphatic hydroxyl groups is 1. The molecule has 0 spiro atoms. The number of aliphatic hydroxyl groups excluding tert-OH is 1. The van der Waals surface area contributed by atoms with Gasteiger partial charge in [0.05, 0.1) is 17.9 Å². The van der Waals surface area contributed by atoms with Gasteiger partial charge in [-0.3, -0.25) is 9.59 Å². The number of carbonyl (C=O) groups excluding carboxylic acids is 2. The highest BCUT2D eigenvalue weighted by atomic mass is 35.5. The van der Waals surface area contributed by atoms with Crippen molar-refractivity contribution in [1.82, 2.24) is 19.8 Å². The number of amides is 2. The van der Waals surface area contributed by atoms with E-state index in [1.54, 1.807) is 27.7 Å². The topological polar surface area (TPSA) is 98.7 Å². The number of carbonyl (C=O) groups is 2. The third-order valence-electron chi connectivity index (χ3n) is 6.54. The summed E-state index contributed by atoms with van der Waals surface area (Å²) < 4.78 is 68.4. The molecule has 3 aromatic rings. The molecule has 1 aromatic heterocycles. The molecule has 8 nitrogen and oxygen atoms in total. The first kappa shape index (κ1) is 30.7. The number of alkyl halides is 3. The molecule has 1 aliphatic heterocycles. The molecule has 0 fully saturated rings. The van der Waals surface area contributed by atoms with Crippen molar-refractivity contribution in [3.63, 3.8) is 0 Å². The maximum atomic E-state index is 14.6. The predicted octanol–water partition coefficient (Wildman–Crippen LogP) is 6.29. The zero-order valence-electron chi connectivity index (χ0n) is 22.7. The smallest absolute Gasteiger partial charge is 0.433 e. The van der Waals surface area contributed by atoms with E-state index in [0.717, 1.165) is 6.07 Å².